The van der Waals surface area contributed by atoms with Gasteiger partial charge in [-0.3, -0.25) is 0 Å². The molecule has 1 aromatic carbocycles. The van der Waals surface area contributed by atoms with E-state index in [4.69, 9.17) is 9.47 Å². The summed E-state index contributed by atoms with van der Waals surface area (Å²) in [6.45, 7) is 0.0972. The van der Waals surface area contributed by atoms with Gasteiger partial charge in [0.15, 0.2) is 0 Å². The van der Waals surface area contributed by atoms with Crippen molar-refractivity contribution in [3.05, 3.63) is 27.7 Å². The number of aliphatic hydroxyl groups excluding tert-OH is 1. The Labute approximate surface area is 118 Å². The minimum atomic E-state index is -2.48. The summed E-state index contributed by atoms with van der Waals surface area (Å²) in [6, 6.07) is 3.76. The highest BCUT2D eigenvalue weighted by molar-refractivity contribution is 9.10. The summed E-state index contributed by atoms with van der Waals surface area (Å²) in [5, 5.41) is 10.1. The zero-order chi connectivity index (χ0) is 13.8. The Morgan fingerprint density at radius 2 is 2.21 bits per heavy atom. The maximum Gasteiger partial charge on any atom is 0.261 e. The normalized spacial score (nSPS) is 15.4. The van der Waals surface area contributed by atoms with Crippen LogP contribution in [0.4, 0.5) is 8.78 Å². The van der Waals surface area contributed by atoms with Gasteiger partial charge in [0.2, 0.25) is 0 Å². The second-order valence-electron chi connectivity index (χ2n) is 4.35. The van der Waals surface area contributed by atoms with Gasteiger partial charge >= 0.3 is 0 Å². The van der Waals surface area contributed by atoms with Gasteiger partial charge in [-0.15, -0.1) is 0 Å². The molecule has 0 saturated carbocycles. The highest BCUT2D eigenvalue weighted by atomic mass is 79.9. The predicted octanol–water partition coefficient (Wildman–Crippen LogP) is 3.09. The molecular formula is C13H15BrF2O3. The van der Waals surface area contributed by atoms with E-state index in [-0.39, 0.29) is 13.0 Å². The van der Waals surface area contributed by atoms with E-state index >= 15 is 0 Å². The van der Waals surface area contributed by atoms with Gasteiger partial charge in [-0.05, 0) is 17.7 Å². The molecule has 0 amide bonds. The van der Waals surface area contributed by atoms with Gasteiger partial charge in [0.05, 0.1) is 12.7 Å². The first-order valence-corrected chi connectivity index (χ1v) is 6.86. The Hall–Kier alpha value is -0.720. The molecule has 1 aliphatic heterocycles. The molecule has 0 bridgehead atoms. The van der Waals surface area contributed by atoms with E-state index < -0.39 is 19.1 Å². The molecule has 2 rings (SSSR count). The number of ether oxygens (including phenoxy) is 2. The van der Waals surface area contributed by atoms with Crippen LogP contribution in [-0.2, 0) is 11.2 Å². The fourth-order valence-electron chi connectivity index (χ4n) is 2.07. The van der Waals surface area contributed by atoms with Crippen molar-refractivity contribution < 1.29 is 23.4 Å². The molecule has 1 aromatic rings. The van der Waals surface area contributed by atoms with Crippen LogP contribution in [0.25, 0.3) is 0 Å². The molecule has 1 heterocycles. The Morgan fingerprint density at radius 1 is 1.42 bits per heavy atom. The SMILES string of the molecule is OC(CCOCC(F)F)c1cc(Br)cc2c1OCC2. The van der Waals surface area contributed by atoms with Crippen LogP contribution in [-0.4, -0.2) is 31.4 Å². The molecule has 1 atom stereocenters. The molecule has 0 fully saturated rings. The number of hydrogen-bond donors (Lipinski definition) is 1. The summed E-state index contributed by atoms with van der Waals surface area (Å²) < 4.78 is 35.0. The van der Waals surface area contributed by atoms with Crippen LogP contribution in [0.3, 0.4) is 0 Å². The molecule has 0 saturated heterocycles. The third kappa shape index (κ3) is 3.87. The Morgan fingerprint density at radius 3 is 2.95 bits per heavy atom. The predicted molar refractivity (Wildman–Crippen MR) is 69.7 cm³/mol. The lowest BCUT2D eigenvalue weighted by Gasteiger charge is -2.15. The monoisotopic (exact) mass is 336 g/mol. The lowest BCUT2D eigenvalue weighted by Crippen LogP contribution is -2.09. The van der Waals surface area contributed by atoms with Gasteiger partial charge in [0.25, 0.3) is 6.43 Å². The van der Waals surface area contributed by atoms with E-state index in [0.29, 0.717) is 17.9 Å². The van der Waals surface area contributed by atoms with Crippen molar-refractivity contribution in [3.8, 4) is 5.75 Å². The maximum absolute atomic E-state index is 11.9. The lowest BCUT2D eigenvalue weighted by atomic mass is 10.0. The topological polar surface area (TPSA) is 38.7 Å². The minimum Gasteiger partial charge on any atom is -0.493 e. The summed E-state index contributed by atoms with van der Waals surface area (Å²) in [5.74, 6) is 0.713. The molecule has 3 nitrogen and oxygen atoms in total. The second kappa shape index (κ2) is 6.63. The minimum absolute atomic E-state index is 0.0901. The van der Waals surface area contributed by atoms with Crippen molar-refractivity contribution in [1.82, 2.24) is 0 Å². The van der Waals surface area contributed by atoms with Gasteiger partial charge in [0, 0.05) is 29.5 Å². The molecular weight excluding hydrogens is 322 g/mol. The number of alkyl halides is 2. The number of rotatable bonds is 6. The van der Waals surface area contributed by atoms with Crippen LogP contribution in [0.1, 0.15) is 23.7 Å². The first kappa shape index (κ1) is 14.7. The van der Waals surface area contributed by atoms with Gasteiger partial charge in [0.1, 0.15) is 12.4 Å². The number of benzene rings is 1. The van der Waals surface area contributed by atoms with Crippen molar-refractivity contribution in [1.29, 1.82) is 0 Å². The molecule has 0 spiro atoms. The molecule has 1 aliphatic rings. The van der Waals surface area contributed by atoms with Crippen LogP contribution in [0.5, 0.6) is 5.75 Å². The third-order valence-electron chi connectivity index (χ3n) is 2.92. The van der Waals surface area contributed by atoms with Gasteiger partial charge < -0.3 is 14.6 Å². The quantitative estimate of drug-likeness (QED) is 0.811. The molecule has 0 aliphatic carbocycles. The number of halogens is 3. The van der Waals surface area contributed by atoms with Crippen molar-refractivity contribution in [2.45, 2.75) is 25.4 Å². The second-order valence-corrected chi connectivity index (χ2v) is 5.27. The van der Waals surface area contributed by atoms with Gasteiger partial charge in [-0.1, -0.05) is 15.9 Å². The highest BCUT2D eigenvalue weighted by Gasteiger charge is 2.22. The molecule has 0 aromatic heterocycles. The highest BCUT2D eigenvalue weighted by Crippen LogP contribution is 2.37. The number of hydrogen-bond acceptors (Lipinski definition) is 3. The average Bonchev–Trinajstić information content (AvgIpc) is 2.80. The van der Waals surface area contributed by atoms with E-state index in [1.165, 1.54) is 0 Å². The largest absolute Gasteiger partial charge is 0.493 e. The first-order chi connectivity index (χ1) is 9.08. The zero-order valence-corrected chi connectivity index (χ0v) is 11.8. The molecule has 6 heteroatoms. The van der Waals surface area contributed by atoms with E-state index in [9.17, 15) is 13.9 Å². The van der Waals surface area contributed by atoms with Crippen molar-refractivity contribution in [2.24, 2.45) is 0 Å². The van der Waals surface area contributed by atoms with E-state index in [2.05, 4.69) is 15.9 Å². The Balaban J connectivity index is 1.97. The van der Waals surface area contributed by atoms with Crippen LogP contribution in [0, 0.1) is 0 Å². The fraction of sp³-hybridized carbons (Fsp3) is 0.538. The number of fused-ring (bicyclic) bond motifs is 1. The average molecular weight is 337 g/mol. The smallest absolute Gasteiger partial charge is 0.261 e. The van der Waals surface area contributed by atoms with Crippen molar-refractivity contribution in [2.75, 3.05) is 19.8 Å². The van der Waals surface area contributed by atoms with E-state index in [0.717, 1.165) is 16.5 Å². The summed E-state index contributed by atoms with van der Waals surface area (Å²) in [5.41, 5.74) is 1.74. The summed E-state index contributed by atoms with van der Waals surface area (Å²) in [4.78, 5) is 0. The molecule has 19 heavy (non-hydrogen) atoms. The van der Waals surface area contributed by atoms with Crippen LogP contribution >= 0.6 is 15.9 Å². The maximum atomic E-state index is 11.9. The summed E-state index contributed by atoms with van der Waals surface area (Å²) in [6.07, 6.45) is -2.17. The zero-order valence-electron chi connectivity index (χ0n) is 10.2. The van der Waals surface area contributed by atoms with E-state index in [1.807, 2.05) is 6.07 Å². The lowest BCUT2D eigenvalue weighted by molar-refractivity contribution is 0.00459. The number of aliphatic hydroxyl groups is 1. The van der Waals surface area contributed by atoms with Crippen LogP contribution in [0.2, 0.25) is 0 Å². The van der Waals surface area contributed by atoms with Crippen LogP contribution < -0.4 is 4.74 Å². The Kier molecular flexibility index (Phi) is 5.13. The molecule has 1 N–H and O–H groups in total. The standard InChI is InChI=1S/C13H15BrF2O3/c14-9-5-8-1-4-19-13(8)10(6-9)11(17)2-3-18-7-12(15)16/h5-6,11-12,17H,1-4,7H2. The third-order valence-corrected chi connectivity index (χ3v) is 3.37. The molecule has 106 valence electrons. The molecule has 0 radical (unpaired) electrons. The fourth-order valence-corrected chi connectivity index (χ4v) is 2.59. The van der Waals surface area contributed by atoms with Crippen molar-refractivity contribution >= 4 is 15.9 Å². The first-order valence-electron chi connectivity index (χ1n) is 6.07. The van der Waals surface area contributed by atoms with Gasteiger partial charge in [-0.25, -0.2) is 8.78 Å². The molecule has 1 unspecified atom stereocenters. The van der Waals surface area contributed by atoms with Crippen molar-refractivity contribution in [3.63, 3.8) is 0 Å². The Bertz CT molecular complexity index is 440. The van der Waals surface area contributed by atoms with Gasteiger partial charge in [-0.2, -0.15) is 0 Å². The summed E-state index contributed by atoms with van der Waals surface area (Å²) >= 11 is 3.39. The summed E-state index contributed by atoms with van der Waals surface area (Å²) in [7, 11) is 0. The van der Waals surface area contributed by atoms with E-state index in [1.54, 1.807) is 6.07 Å². The van der Waals surface area contributed by atoms with Crippen LogP contribution in [0.15, 0.2) is 16.6 Å².